The molecule has 13 nitrogen and oxygen atoms in total. The maximum Gasteiger partial charge on any atom is 0.435 e. The van der Waals surface area contributed by atoms with Crippen molar-refractivity contribution >= 4 is 29.5 Å². The van der Waals surface area contributed by atoms with Crippen LogP contribution in [0.3, 0.4) is 0 Å². The van der Waals surface area contributed by atoms with E-state index in [1.165, 1.54) is 36.3 Å². The Hall–Kier alpha value is -4.54. The molecule has 0 radical (unpaired) electrons. The van der Waals surface area contributed by atoms with E-state index < -0.39 is 11.9 Å². The Morgan fingerprint density at radius 3 is 2.67 bits per heavy atom. The highest BCUT2D eigenvalue weighted by Crippen LogP contribution is 2.37. The number of methoxy groups -OCH3 is 1. The summed E-state index contributed by atoms with van der Waals surface area (Å²) in [5.41, 5.74) is 6.69. The van der Waals surface area contributed by atoms with E-state index in [4.69, 9.17) is 25.1 Å². The highest BCUT2D eigenvalue weighted by atomic mass is 19.4. The van der Waals surface area contributed by atoms with Gasteiger partial charge < -0.3 is 30.9 Å². The molecule has 42 heavy (non-hydrogen) atoms. The van der Waals surface area contributed by atoms with Gasteiger partial charge in [0.2, 0.25) is 0 Å². The Morgan fingerprint density at radius 1 is 1.24 bits per heavy atom. The number of imidazole rings is 1. The first kappa shape index (κ1) is 32.0. The van der Waals surface area contributed by atoms with Gasteiger partial charge in [-0.2, -0.15) is 18.3 Å². The largest absolute Gasteiger partial charge is 0.483 e. The summed E-state index contributed by atoms with van der Waals surface area (Å²) < 4.78 is 54.0. The van der Waals surface area contributed by atoms with Crippen molar-refractivity contribution < 1.29 is 37.3 Å². The van der Waals surface area contributed by atoms with Crippen molar-refractivity contribution in [1.29, 1.82) is 0 Å². The van der Waals surface area contributed by atoms with Crippen LogP contribution in [0.25, 0.3) is 16.9 Å². The molecule has 0 spiro atoms. The molecule has 226 valence electrons. The summed E-state index contributed by atoms with van der Waals surface area (Å²) in [6.45, 7) is 3.11. The predicted octanol–water partition coefficient (Wildman–Crippen LogP) is 2.93. The van der Waals surface area contributed by atoms with Crippen molar-refractivity contribution in [1.82, 2.24) is 29.5 Å². The molecule has 1 amide bonds. The minimum absolute atomic E-state index is 0.135. The molecule has 0 saturated carbocycles. The van der Waals surface area contributed by atoms with Gasteiger partial charge in [0.1, 0.15) is 6.73 Å². The molecule has 0 saturated heterocycles. The summed E-state index contributed by atoms with van der Waals surface area (Å²) in [4.78, 5) is 29.7. The number of carbonyl (C=O) groups is 2. The monoisotopic (exact) mass is 592 g/mol. The third-order valence-electron chi connectivity index (χ3n) is 5.78. The molecule has 0 bridgehead atoms. The number of benzene rings is 1. The minimum Gasteiger partial charge on any atom is -0.483 e. The summed E-state index contributed by atoms with van der Waals surface area (Å²) >= 11 is 0. The van der Waals surface area contributed by atoms with E-state index >= 15 is 0 Å². The summed E-state index contributed by atoms with van der Waals surface area (Å²) in [7, 11) is 1.37. The maximum atomic E-state index is 13.7. The van der Waals surface area contributed by atoms with Crippen LogP contribution in [-0.4, -0.2) is 75.0 Å². The smallest absolute Gasteiger partial charge is 0.435 e. The number of aromatic nitrogens is 5. The standard InChI is InChI=1S/C25H29F3N8O3.CH2O2/c1-3-16-12-17(4-5-18(16)24(37)31-8-11-39-10-6-29)33-22-23-32-13-20(36(23)9-7-30-22)19-14-35(15-38-2)34-21(19)25(26,27)28;2-1-3/h4-5,7,9,12-14H,3,6,8,10-11,15,29H2,1-2H3,(H,30,33)(H,31,37);1H,(H,2,3). The first-order valence-corrected chi connectivity index (χ1v) is 12.7. The van der Waals surface area contributed by atoms with Crippen molar-refractivity contribution in [2.75, 3.05) is 38.7 Å². The molecular formula is C26H31F3N8O5. The summed E-state index contributed by atoms with van der Waals surface area (Å²) in [5, 5.41) is 16.5. The molecule has 3 heterocycles. The predicted molar refractivity (Wildman–Crippen MR) is 146 cm³/mol. The van der Waals surface area contributed by atoms with E-state index in [2.05, 4.69) is 25.7 Å². The second-order valence-electron chi connectivity index (χ2n) is 8.57. The molecule has 5 N–H and O–H groups in total. The maximum absolute atomic E-state index is 13.7. The third-order valence-corrected chi connectivity index (χ3v) is 5.78. The molecule has 1 aromatic carbocycles. The first-order valence-electron chi connectivity index (χ1n) is 12.7. The number of carboxylic acid groups (broad SMARTS) is 1. The molecule has 0 aliphatic carbocycles. The summed E-state index contributed by atoms with van der Waals surface area (Å²) in [6.07, 6.45) is 1.52. The number of hydrogen-bond acceptors (Lipinski definition) is 9. The molecule has 4 rings (SSSR count). The van der Waals surface area contributed by atoms with Crippen molar-refractivity contribution in [3.05, 3.63) is 59.8 Å². The van der Waals surface area contributed by atoms with Crippen molar-refractivity contribution in [3.8, 4) is 11.3 Å². The highest BCUT2D eigenvalue weighted by molar-refractivity contribution is 5.96. The van der Waals surface area contributed by atoms with E-state index in [1.54, 1.807) is 12.1 Å². The molecule has 0 unspecified atom stereocenters. The van der Waals surface area contributed by atoms with Gasteiger partial charge >= 0.3 is 6.18 Å². The lowest BCUT2D eigenvalue weighted by Gasteiger charge is -2.13. The van der Waals surface area contributed by atoms with Gasteiger partial charge in [0.25, 0.3) is 12.4 Å². The summed E-state index contributed by atoms with van der Waals surface area (Å²) in [6, 6.07) is 5.25. The SMILES string of the molecule is CCc1cc(Nc2nccn3c(-c4cn(COC)nc4C(F)(F)F)cnc23)ccc1C(=O)NCCOCCN.O=CO. The van der Waals surface area contributed by atoms with Crippen LogP contribution in [-0.2, 0) is 33.6 Å². The fraction of sp³-hybridized carbons (Fsp3) is 0.346. The Morgan fingerprint density at radius 2 is 2.00 bits per heavy atom. The first-order chi connectivity index (χ1) is 20.2. The van der Waals surface area contributed by atoms with E-state index in [0.29, 0.717) is 55.4 Å². The number of carbonyl (C=O) groups excluding carboxylic acids is 1. The van der Waals surface area contributed by atoms with Gasteiger partial charge in [0, 0.05) is 50.0 Å². The molecule has 16 heteroatoms. The average Bonchev–Trinajstić information content (AvgIpc) is 3.58. The number of alkyl halides is 3. The van der Waals surface area contributed by atoms with Crippen LogP contribution in [0, 0.1) is 0 Å². The molecule has 0 aliphatic rings. The Kier molecular flexibility index (Phi) is 11.3. The van der Waals surface area contributed by atoms with E-state index in [9.17, 15) is 18.0 Å². The topological polar surface area (TPSA) is 171 Å². The zero-order valence-electron chi connectivity index (χ0n) is 22.9. The number of rotatable bonds is 12. The van der Waals surface area contributed by atoms with Gasteiger partial charge in [-0.3, -0.25) is 14.0 Å². The Bertz CT molecular complexity index is 1490. The zero-order valence-corrected chi connectivity index (χ0v) is 22.9. The number of ether oxygens (including phenoxy) is 2. The van der Waals surface area contributed by atoms with Crippen molar-refractivity contribution in [2.45, 2.75) is 26.3 Å². The minimum atomic E-state index is -4.67. The van der Waals surface area contributed by atoms with Crippen LogP contribution in [0.1, 0.15) is 28.5 Å². The van der Waals surface area contributed by atoms with Crippen LogP contribution in [0.5, 0.6) is 0 Å². The lowest BCUT2D eigenvalue weighted by atomic mass is 10.0. The number of amides is 1. The van der Waals surface area contributed by atoms with Gasteiger partial charge in [-0.05, 0) is 30.2 Å². The number of fused-ring (bicyclic) bond motifs is 1. The molecule has 3 aromatic heterocycles. The second kappa shape index (κ2) is 14.9. The normalized spacial score (nSPS) is 11.2. The van der Waals surface area contributed by atoms with Crippen LogP contribution in [0.15, 0.2) is 43.0 Å². The number of hydrogen-bond donors (Lipinski definition) is 4. The van der Waals surface area contributed by atoms with Gasteiger partial charge in [0.15, 0.2) is 17.2 Å². The highest BCUT2D eigenvalue weighted by Gasteiger charge is 2.38. The van der Waals surface area contributed by atoms with Gasteiger partial charge in [-0.25, -0.2) is 14.6 Å². The average molecular weight is 593 g/mol. The molecule has 0 aliphatic heterocycles. The van der Waals surface area contributed by atoms with E-state index in [1.807, 2.05) is 13.0 Å². The number of anilines is 2. The van der Waals surface area contributed by atoms with E-state index in [0.717, 1.165) is 10.2 Å². The molecule has 0 atom stereocenters. The number of aryl methyl sites for hydroxylation is 1. The summed E-state index contributed by atoms with van der Waals surface area (Å²) in [5.74, 6) is 0.111. The van der Waals surface area contributed by atoms with Gasteiger partial charge in [-0.15, -0.1) is 0 Å². The number of halogens is 3. The van der Waals surface area contributed by atoms with Gasteiger partial charge in [0.05, 0.1) is 30.7 Å². The Balaban J connectivity index is 0.00000155. The zero-order chi connectivity index (χ0) is 30.7. The fourth-order valence-electron chi connectivity index (χ4n) is 4.06. The lowest BCUT2D eigenvalue weighted by Crippen LogP contribution is -2.28. The quantitative estimate of drug-likeness (QED) is 0.142. The number of nitrogens with zero attached hydrogens (tertiary/aromatic N) is 5. The van der Waals surface area contributed by atoms with Crippen molar-refractivity contribution in [2.24, 2.45) is 5.73 Å². The Labute approximate surface area is 238 Å². The number of nitrogens with one attached hydrogen (secondary N) is 2. The number of nitrogens with two attached hydrogens (primary N) is 1. The fourth-order valence-corrected chi connectivity index (χ4v) is 4.06. The second-order valence-corrected chi connectivity index (χ2v) is 8.57. The van der Waals surface area contributed by atoms with E-state index in [-0.39, 0.29) is 30.4 Å². The molecular weight excluding hydrogens is 561 g/mol. The van der Waals surface area contributed by atoms with Crippen LogP contribution in [0.4, 0.5) is 24.7 Å². The van der Waals surface area contributed by atoms with Crippen LogP contribution < -0.4 is 16.4 Å². The van der Waals surface area contributed by atoms with Crippen LogP contribution in [0.2, 0.25) is 0 Å². The lowest BCUT2D eigenvalue weighted by molar-refractivity contribution is -0.141. The molecule has 0 fully saturated rings. The third kappa shape index (κ3) is 7.80. The van der Waals surface area contributed by atoms with Crippen LogP contribution >= 0.6 is 0 Å². The van der Waals surface area contributed by atoms with Gasteiger partial charge in [-0.1, -0.05) is 6.92 Å². The van der Waals surface area contributed by atoms with Crippen molar-refractivity contribution in [3.63, 3.8) is 0 Å². The molecule has 4 aromatic rings.